The average Bonchev–Trinajstić information content (AvgIpc) is 3.29. The fourth-order valence-electron chi connectivity index (χ4n) is 3.34. The van der Waals surface area contributed by atoms with Gasteiger partial charge in [-0.1, -0.05) is 19.0 Å². The van der Waals surface area contributed by atoms with Crippen molar-refractivity contribution in [1.29, 1.82) is 0 Å². The Morgan fingerprint density at radius 2 is 2.19 bits per heavy atom. The summed E-state index contributed by atoms with van der Waals surface area (Å²) in [6, 6.07) is 3.51. The number of aromatic nitrogens is 3. The predicted octanol–water partition coefficient (Wildman–Crippen LogP) is 2.25. The predicted molar refractivity (Wildman–Crippen MR) is 102 cm³/mol. The molecule has 3 heterocycles. The summed E-state index contributed by atoms with van der Waals surface area (Å²) in [6.07, 6.45) is 4.49. The van der Waals surface area contributed by atoms with Crippen molar-refractivity contribution >= 4 is 6.03 Å². The Labute approximate surface area is 159 Å². The van der Waals surface area contributed by atoms with Crippen LogP contribution >= 0.6 is 0 Å². The summed E-state index contributed by atoms with van der Waals surface area (Å²) in [7, 11) is 1.73. The number of carbonyl (C=O) groups excluding carboxylic acids is 1. The summed E-state index contributed by atoms with van der Waals surface area (Å²) >= 11 is 0. The lowest BCUT2D eigenvalue weighted by Crippen LogP contribution is -2.39. The maximum Gasteiger partial charge on any atom is 0.317 e. The number of likely N-dealkylation sites (tertiary alicyclic amines) is 1. The molecule has 2 amide bonds. The molecule has 0 aromatic carbocycles. The van der Waals surface area contributed by atoms with E-state index < -0.39 is 0 Å². The molecule has 0 saturated carbocycles. The van der Waals surface area contributed by atoms with Crippen LogP contribution in [0.4, 0.5) is 4.79 Å². The van der Waals surface area contributed by atoms with Gasteiger partial charge in [0.25, 0.3) is 0 Å². The minimum Gasteiger partial charge on any atom is -0.338 e. The highest BCUT2D eigenvalue weighted by atomic mass is 16.5. The van der Waals surface area contributed by atoms with Gasteiger partial charge in [0.2, 0.25) is 11.7 Å². The lowest BCUT2D eigenvalue weighted by Gasteiger charge is -2.20. The topological polar surface area (TPSA) is 87.4 Å². The summed E-state index contributed by atoms with van der Waals surface area (Å²) in [5, 5.41) is 6.98. The van der Waals surface area contributed by atoms with Crippen molar-refractivity contribution < 1.29 is 9.32 Å². The Morgan fingerprint density at radius 1 is 1.41 bits per heavy atom. The number of hydrogen-bond donors (Lipinski definition) is 1. The van der Waals surface area contributed by atoms with Gasteiger partial charge in [-0.2, -0.15) is 4.98 Å². The molecule has 8 nitrogen and oxygen atoms in total. The van der Waals surface area contributed by atoms with Crippen LogP contribution in [-0.4, -0.2) is 64.2 Å². The second kappa shape index (κ2) is 8.94. The number of urea groups is 1. The normalized spacial score (nSPS) is 17.4. The SMILES string of the molecule is CC(C)CN1CC[C@@H](CNC(=O)N(C)Cc2nc(-c3ccncc3)no2)C1. The number of nitrogens with zero attached hydrogens (tertiary/aromatic N) is 5. The monoisotopic (exact) mass is 372 g/mol. The van der Waals surface area contributed by atoms with Gasteiger partial charge in [0.1, 0.15) is 6.54 Å². The molecular weight excluding hydrogens is 344 g/mol. The quantitative estimate of drug-likeness (QED) is 0.802. The van der Waals surface area contributed by atoms with Gasteiger partial charge in [-0.25, -0.2) is 4.79 Å². The minimum absolute atomic E-state index is 0.124. The second-order valence-corrected chi connectivity index (χ2v) is 7.60. The first-order valence-corrected chi connectivity index (χ1v) is 9.45. The Bertz CT molecular complexity index is 733. The molecule has 8 heteroatoms. The molecule has 1 N–H and O–H groups in total. The van der Waals surface area contributed by atoms with Crippen LogP contribution in [0.2, 0.25) is 0 Å². The molecule has 1 saturated heterocycles. The Morgan fingerprint density at radius 3 is 2.93 bits per heavy atom. The van der Waals surface area contributed by atoms with Gasteiger partial charge in [0.15, 0.2) is 0 Å². The molecule has 0 spiro atoms. The molecule has 0 radical (unpaired) electrons. The summed E-state index contributed by atoms with van der Waals surface area (Å²) in [6.45, 7) is 8.75. The van der Waals surface area contributed by atoms with Crippen LogP contribution in [0, 0.1) is 11.8 Å². The third kappa shape index (κ3) is 5.50. The van der Waals surface area contributed by atoms with Crippen LogP contribution in [0.15, 0.2) is 29.0 Å². The van der Waals surface area contributed by atoms with E-state index in [1.165, 1.54) is 0 Å². The van der Waals surface area contributed by atoms with E-state index in [-0.39, 0.29) is 12.6 Å². The lowest BCUT2D eigenvalue weighted by atomic mass is 10.1. The van der Waals surface area contributed by atoms with Gasteiger partial charge in [0.05, 0.1) is 0 Å². The van der Waals surface area contributed by atoms with Gasteiger partial charge in [-0.05, 0) is 36.9 Å². The zero-order valence-corrected chi connectivity index (χ0v) is 16.3. The van der Waals surface area contributed by atoms with Crippen molar-refractivity contribution in [3.63, 3.8) is 0 Å². The number of nitrogens with one attached hydrogen (secondary N) is 1. The molecule has 2 aromatic rings. The van der Waals surface area contributed by atoms with Crippen molar-refractivity contribution in [2.75, 3.05) is 33.2 Å². The first kappa shape index (κ1) is 19.3. The number of hydrogen-bond acceptors (Lipinski definition) is 6. The van der Waals surface area contributed by atoms with Gasteiger partial charge in [-0.15, -0.1) is 0 Å². The summed E-state index contributed by atoms with van der Waals surface area (Å²) < 4.78 is 5.26. The van der Waals surface area contributed by atoms with E-state index in [0.717, 1.165) is 31.6 Å². The Kier molecular flexibility index (Phi) is 6.39. The van der Waals surface area contributed by atoms with Crippen molar-refractivity contribution in [2.45, 2.75) is 26.8 Å². The van der Waals surface area contributed by atoms with E-state index in [1.807, 2.05) is 12.1 Å². The zero-order chi connectivity index (χ0) is 19.2. The molecule has 1 fully saturated rings. The van der Waals surface area contributed by atoms with E-state index >= 15 is 0 Å². The van der Waals surface area contributed by atoms with E-state index in [2.05, 4.69) is 39.2 Å². The molecule has 3 rings (SSSR count). The van der Waals surface area contributed by atoms with Gasteiger partial charge in [0, 0.05) is 44.6 Å². The number of rotatable bonds is 7. The first-order valence-electron chi connectivity index (χ1n) is 9.45. The van der Waals surface area contributed by atoms with Crippen LogP contribution < -0.4 is 5.32 Å². The maximum atomic E-state index is 12.3. The van der Waals surface area contributed by atoms with Gasteiger partial charge in [-0.3, -0.25) is 4.98 Å². The minimum atomic E-state index is -0.124. The second-order valence-electron chi connectivity index (χ2n) is 7.60. The third-order valence-corrected chi connectivity index (χ3v) is 4.66. The van der Waals surface area contributed by atoms with E-state index in [9.17, 15) is 4.79 Å². The highest BCUT2D eigenvalue weighted by molar-refractivity contribution is 5.73. The van der Waals surface area contributed by atoms with E-state index in [1.54, 1.807) is 24.3 Å². The molecular formula is C19H28N6O2. The average molecular weight is 372 g/mol. The summed E-state index contributed by atoms with van der Waals surface area (Å²) in [5.41, 5.74) is 0.833. The van der Waals surface area contributed by atoms with Crippen LogP contribution in [0.1, 0.15) is 26.2 Å². The maximum absolute atomic E-state index is 12.3. The van der Waals surface area contributed by atoms with Crippen LogP contribution in [0.3, 0.4) is 0 Å². The molecule has 0 unspecified atom stereocenters. The van der Waals surface area contributed by atoms with Crippen LogP contribution in [-0.2, 0) is 6.54 Å². The highest BCUT2D eigenvalue weighted by Crippen LogP contribution is 2.17. The Balaban J connectivity index is 1.44. The number of pyridine rings is 1. The molecule has 2 aromatic heterocycles. The van der Waals surface area contributed by atoms with Crippen LogP contribution in [0.5, 0.6) is 0 Å². The molecule has 1 aliphatic heterocycles. The van der Waals surface area contributed by atoms with Gasteiger partial charge < -0.3 is 19.6 Å². The van der Waals surface area contributed by atoms with Crippen molar-refractivity contribution in [3.05, 3.63) is 30.4 Å². The Hall–Kier alpha value is -2.48. The van der Waals surface area contributed by atoms with Crippen molar-refractivity contribution in [2.24, 2.45) is 11.8 Å². The highest BCUT2D eigenvalue weighted by Gasteiger charge is 2.24. The molecule has 0 aliphatic carbocycles. The third-order valence-electron chi connectivity index (χ3n) is 4.66. The largest absolute Gasteiger partial charge is 0.338 e. The summed E-state index contributed by atoms with van der Waals surface area (Å²) in [5.74, 6) is 2.10. The van der Waals surface area contributed by atoms with Crippen molar-refractivity contribution in [1.82, 2.24) is 30.2 Å². The molecule has 146 valence electrons. The summed E-state index contributed by atoms with van der Waals surface area (Å²) in [4.78, 5) is 24.7. The van der Waals surface area contributed by atoms with Crippen molar-refractivity contribution in [3.8, 4) is 11.4 Å². The fourth-order valence-corrected chi connectivity index (χ4v) is 3.34. The van der Waals surface area contributed by atoms with Crippen LogP contribution in [0.25, 0.3) is 11.4 Å². The number of carbonyl (C=O) groups is 1. The van der Waals surface area contributed by atoms with Gasteiger partial charge >= 0.3 is 6.03 Å². The number of amides is 2. The standard InChI is InChI=1S/C19H28N6O2/c1-14(2)11-25-9-6-15(12-25)10-21-19(26)24(3)13-17-22-18(23-27-17)16-4-7-20-8-5-16/h4-5,7-8,14-15H,6,9-13H2,1-3H3,(H,21,26)/t15-/m0/s1. The molecule has 0 bridgehead atoms. The fraction of sp³-hybridized carbons (Fsp3) is 0.579. The lowest BCUT2D eigenvalue weighted by molar-refractivity contribution is 0.197. The molecule has 1 atom stereocenters. The van der Waals surface area contributed by atoms with E-state index in [4.69, 9.17) is 4.52 Å². The zero-order valence-electron chi connectivity index (χ0n) is 16.3. The smallest absolute Gasteiger partial charge is 0.317 e. The van der Waals surface area contributed by atoms with E-state index in [0.29, 0.717) is 30.1 Å². The first-order chi connectivity index (χ1) is 13.0. The molecule has 27 heavy (non-hydrogen) atoms. The molecule has 1 aliphatic rings.